The molecule has 0 fully saturated rings. The van der Waals surface area contributed by atoms with Crippen LogP contribution in [-0.2, 0) is 0 Å². The SMILES string of the molecule is NC(c1cccc(Cl)c1)c1nccn1-c1ccccc1. The Morgan fingerprint density at radius 2 is 1.85 bits per heavy atom. The molecule has 0 aliphatic carbocycles. The second-order valence-corrected chi connectivity index (χ2v) is 4.96. The minimum Gasteiger partial charge on any atom is -0.318 e. The van der Waals surface area contributed by atoms with Crippen molar-refractivity contribution in [3.63, 3.8) is 0 Å². The van der Waals surface area contributed by atoms with Crippen LogP contribution in [0.1, 0.15) is 17.4 Å². The molecule has 1 aromatic heterocycles. The normalized spacial score (nSPS) is 12.3. The minimum atomic E-state index is -0.316. The molecule has 0 bridgehead atoms. The molecule has 0 aliphatic rings. The zero-order chi connectivity index (χ0) is 13.9. The molecule has 3 aromatic rings. The fourth-order valence-electron chi connectivity index (χ4n) is 2.20. The van der Waals surface area contributed by atoms with E-state index in [2.05, 4.69) is 4.98 Å². The van der Waals surface area contributed by atoms with Crippen molar-refractivity contribution in [3.8, 4) is 5.69 Å². The molecule has 20 heavy (non-hydrogen) atoms. The van der Waals surface area contributed by atoms with Gasteiger partial charge in [-0.3, -0.25) is 0 Å². The maximum absolute atomic E-state index is 6.33. The third-order valence-electron chi connectivity index (χ3n) is 3.19. The first-order chi connectivity index (χ1) is 9.75. The van der Waals surface area contributed by atoms with Gasteiger partial charge in [0.05, 0.1) is 6.04 Å². The molecule has 0 spiro atoms. The molecule has 0 aliphatic heterocycles. The van der Waals surface area contributed by atoms with Gasteiger partial charge in [-0.25, -0.2) is 4.98 Å². The highest BCUT2D eigenvalue weighted by molar-refractivity contribution is 6.30. The van der Waals surface area contributed by atoms with Gasteiger partial charge in [-0.05, 0) is 29.8 Å². The van der Waals surface area contributed by atoms with Gasteiger partial charge in [-0.1, -0.05) is 41.9 Å². The lowest BCUT2D eigenvalue weighted by Gasteiger charge is -2.14. The van der Waals surface area contributed by atoms with Crippen LogP contribution in [0.15, 0.2) is 67.0 Å². The van der Waals surface area contributed by atoms with Crippen molar-refractivity contribution in [1.82, 2.24) is 9.55 Å². The van der Waals surface area contributed by atoms with E-state index in [0.29, 0.717) is 5.02 Å². The fourth-order valence-corrected chi connectivity index (χ4v) is 2.40. The number of rotatable bonds is 3. The maximum Gasteiger partial charge on any atom is 0.134 e. The van der Waals surface area contributed by atoms with Crippen molar-refractivity contribution in [2.24, 2.45) is 5.73 Å². The van der Waals surface area contributed by atoms with Gasteiger partial charge in [0.1, 0.15) is 5.82 Å². The van der Waals surface area contributed by atoms with Crippen molar-refractivity contribution in [1.29, 1.82) is 0 Å². The fraction of sp³-hybridized carbons (Fsp3) is 0.0625. The Hall–Kier alpha value is -2.10. The van der Waals surface area contributed by atoms with Crippen LogP contribution in [0.3, 0.4) is 0 Å². The van der Waals surface area contributed by atoms with Gasteiger partial charge in [-0.15, -0.1) is 0 Å². The minimum absolute atomic E-state index is 0.316. The average molecular weight is 284 g/mol. The van der Waals surface area contributed by atoms with E-state index in [1.165, 1.54) is 0 Å². The number of hydrogen-bond donors (Lipinski definition) is 1. The zero-order valence-electron chi connectivity index (χ0n) is 10.8. The highest BCUT2D eigenvalue weighted by Gasteiger charge is 2.15. The van der Waals surface area contributed by atoms with E-state index in [9.17, 15) is 0 Å². The monoisotopic (exact) mass is 283 g/mol. The van der Waals surface area contributed by atoms with Gasteiger partial charge < -0.3 is 10.3 Å². The van der Waals surface area contributed by atoms with Gasteiger partial charge in [0.2, 0.25) is 0 Å². The van der Waals surface area contributed by atoms with Crippen molar-refractivity contribution < 1.29 is 0 Å². The quantitative estimate of drug-likeness (QED) is 0.798. The summed E-state index contributed by atoms with van der Waals surface area (Å²) in [6, 6.07) is 17.3. The Morgan fingerprint density at radius 3 is 2.60 bits per heavy atom. The third-order valence-corrected chi connectivity index (χ3v) is 3.42. The van der Waals surface area contributed by atoms with Crippen LogP contribution in [0.4, 0.5) is 0 Å². The van der Waals surface area contributed by atoms with Gasteiger partial charge >= 0.3 is 0 Å². The van der Waals surface area contributed by atoms with E-state index in [1.54, 1.807) is 6.20 Å². The summed E-state index contributed by atoms with van der Waals surface area (Å²) in [5.41, 5.74) is 8.31. The molecule has 3 rings (SSSR count). The molecule has 1 atom stereocenters. The van der Waals surface area contributed by atoms with E-state index in [4.69, 9.17) is 17.3 Å². The summed E-state index contributed by atoms with van der Waals surface area (Å²) in [6.45, 7) is 0. The van der Waals surface area contributed by atoms with Gasteiger partial charge in [0, 0.05) is 23.1 Å². The number of benzene rings is 2. The van der Waals surface area contributed by atoms with Crippen molar-refractivity contribution >= 4 is 11.6 Å². The van der Waals surface area contributed by atoms with Crippen LogP contribution < -0.4 is 5.73 Å². The van der Waals surface area contributed by atoms with E-state index in [1.807, 2.05) is 65.4 Å². The number of nitrogens with two attached hydrogens (primary N) is 1. The first-order valence-corrected chi connectivity index (χ1v) is 6.73. The van der Waals surface area contributed by atoms with Crippen LogP contribution in [0, 0.1) is 0 Å². The van der Waals surface area contributed by atoms with E-state index < -0.39 is 0 Å². The summed E-state index contributed by atoms with van der Waals surface area (Å²) >= 11 is 6.02. The van der Waals surface area contributed by atoms with Crippen LogP contribution in [0.5, 0.6) is 0 Å². The smallest absolute Gasteiger partial charge is 0.134 e. The molecule has 0 saturated heterocycles. The summed E-state index contributed by atoms with van der Waals surface area (Å²) in [4.78, 5) is 4.39. The predicted molar refractivity (Wildman–Crippen MR) is 81.0 cm³/mol. The number of aromatic nitrogens is 2. The Balaban J connectivity index is 2.02. The van der Waals surface area contributed by atoms with Crippen molar-refractivity contribution in [2.45, 2.75) is 6.04 Å². The number of halogens is 1. The molecule has 0 amide bonds. The number of hydrogen-bond acceptors (Lipinski definition) is 2. The highest BCUT2D eigenvalue weighted by Crippen LogP contribution is 2.23. The molecule has 4 heteroatoms. The van der Waals surface area contributed by atoms with E-state index in [0.717, 1.165) is 17.1 Å². The van der Waals surface area contributed by atoms with Crippen molar-refractivity contribution in [3.05, 3.63) is 83.4 Å². The zero-order valence-corrected chi connectivity index (χ0v) is 11.5. The van der Waals surface area contributed by atoms with Crippen LogP contribution in [0.2, 0.25) is 5.02 Å². The lowest BCUT2D eigenvalue weighted by Crippen LogP contribution is -2.17. The summed E-state index contributed by atoms with van der Waals surface area (Å²) in [5, 5.41) is 0.677. The van der Waals surface area contributed by atoms with Crippen LogP contribution in [-0.4, -0.2) is 9.55 Å². The molecule has 100 valence electrons. The Bertz CT molecular complexity index is 707. The summed E-state index contributed by atoms with van der Waals surface area (Å²) < 4.78 is 1.99. The van der Waals surface area contributed by atoms with E-state index in [-0.39, 0.29) is 6.04 Å². The van der Waals surface area contributed by atoms with Crippen LogP contribution >= 0.6 is 11.6 Å². The number of para-hydroxylation sites is 1. The molecule has 1 unspecified atom stereocenters. The topological polar surface area (TPSA) is 43.8 Å². The molecule has 1 heterocycles. The number of imidazole rings is 1. The molecular weight excluding hydrogens is 270 g/mol. The first-order valence-electron chi connectivity index (χ1n) is 6.35. The maximum atomic E-state index is 6.33. The molecule has 2 N–H and O–H groups in total. The number of nitrogens with zero attached hydrogens (tertiary/aromatic N) is 2. The predicted octanol–water partition coefficient (Wildman–Crippen LogP) is 3.57. The van der Waals surface area contributed by atoms with Gasteiger partial charge in [0.15, 0.2) is 0 Å². The van der Waals surface area contributed by atoms with Crippen LogP contribution in [0.25, 0.3) is 5.69 Å². The Kier molecular flexibility index (Phi) is 3.54. The van der Waals surface area contributed by atoms with Crippen molar-refractivity contribution in [2.75, 3.05) is 0 Å². The molecular formula is C16H14ClN3. The lowest BCUT2D eigenvalue weighted by atomic mass is 10.1. The average Bonchev–Trinajstić information content (AvgIpc) is 2.97. The van der Waals surface area contributed by atoms with Gasteiger partial charge in [0.25, 0.3) is 0 Å². The summed E-state index contributed by atoms with van der Waals surface area (Å²) in [7, 11) is 0. The third kappa shape index (κ3) is 2.46. The largest absolute Gasteiger partial charge is 0.318 e. The van der Waals surface area contributed by atoms with E-state index >= 15 is 0 Å². The Morgan fingerprint density at radius 1 is 1.05 bits per heavy atom. The van der Waals surface area contributed by atoms with Gasteiger partial charge in [-0.2, -0.15) is 0 Å². The second-order valence-electron chi connectivity index (χ2n) is 4.52. The second kappa shape index (κ2) is 5.49. The molecule has 2 aromatic carbocycles. The molecule has 0 saturated carbocycles. The Labute approximate surface area is 122 Å². The molecule has 0 radical (unpaired) electrons. The lowest BCUT2D eigenvalue weighted by molar-refractivity contribution is 0.758. The summed E-state index contributed by atoms with van der Waals surface area (Å²) in [5.74, 6) is 0.790. The highest BCUT2D eigenvalue weighted by atomic mass is 35.5. The standard InChI is InChI=1S/C16H14ClN3/c17-13-6-4-5-12(11-13)15(18)16-19-9-10-20(16)14-7-2-1-3-8-14/h1-11,15H,18H2. The first kappa shape index (κ1) is 12.9. The molecule has 3 nitrogen and oxygen atoms in total. The summed E-state index contributed by atoms with van der Waals surface area (Å²) in [6.07, 6.45) is 3.67.